The largest absolute Gasteiger partial charge is 0.459 e. The molecule has 0 aliphatic carbocycles. The van der Waals surface area contributed by atoms with E-state index in [0.717, 1.165) is 18.1 Å². The molecule has 0 N–H and O–H groups in total. The van der Waals surface area contributed by atoms with Gasteiger partial charge < -0.3 is 9.32 Å². The Kier molecular flexibility index (Phi) is 4.78. The molecule has 5 rings (SSSR count). The number of alkyl halides is 5. The molecule has 0 atom stereocenters. The second-order valence-corrected chi connectivity index (χ2v) is 7.74. The van der Waals surface area contributed by atoms with Crippen molar-refractivity contribution in [3.8, 4) is 22.7 Å². The molecule has 0 radical (unpaired) electrons. The van der Waals surface area contributed by atoms with E-state index in [1.54, 1.807) is 55.4 Å². The zero-order valence-electron chi connectivity index (χ0n) is 17.7. The van der Waals surface area contributed by atoms with E-state index in [-0.39, 0.29) is 28.4 Å². The van der Waals surface area contributed by atoms with E-state index in [1.165, 1.54) is 10.6 Å². The molecular formula is C22H15F5N6O. The van der Waals surface area contributed by atoms with Crippen LogP contribution >= 0.6 is 0 Å². The molecule has 4 aromatic heterocycles. The van der Waals surface area contributed by atoms with Crippen LogP contribution in [0, 0.1) is 0 Å². The van der Waals surface area contributed by atoms with E-state index in [9.17, 15) is 22.0 Å². The van der Waals surface area contributed by atoms with Crippen LogP contribution in [-0.4, -0.2) is 44.8 Å². The summed E-state index contributed by atoms with van der Waals surface area (Å²) in [5.41, 5.74) is 0.302. The topological polar surface area (TPSA) is 72.3 Å². The first-order valence-corrected chi connectivity index (χ1v) is 9.88. The molecule has 7 nitrogen and oxygen atoms in total. The molecule has 0 aliphatic rings. The third-order valence-corrected chi connectivity index (χ3v) is 5.33. The van der Waals surface area contributed by atoms with Crippen LogP contribution in [0.1, 0.15) is 5.69 Å². The molecule has 34 heavy (non-hydrogen) atoms. The molecule has 1 aromatic carbocycles. The maximum absolute atomic E-state index is 14.5. The van der Waals surface area contributed by atoms with Gasteiger partial charge in [0.1, 0.15) is 22.7 Å². The molecule has 0 fully saturated rings. The van der Waals surface area contributed by atoms with E-state index in [2.05, 4.69) is 20.2 Å². The zero-order valence-corrected chi connectivity index (χ0v) is 17.7. The smallest absolute Gasteiger partial charge is 0.422 e. The highest BCUT2D eigenvalue weighted by Gasteiger charge is 2.60. The molecule has 0 saturated carbocycles. The number of pyridine rings is 2. The van der Waals surface area contributed by atoms with Crippen molar-refractivity contribution in [2.24, 2.45) is 0 Å². The highest BCUT2D eigenvalue weighted by molar-refractivity contribution is 5.95. The highest BCUT2D eigenvalue weighted by atomic mass is 19.4. The monoisotopic (exact) mass is 474 g/mol. The summed E-state index contributed by atoms with van der Waals surface area (Å²) in [5.74, 6) is -5.11. The predicted molar refractivity (Wildman–Crippen MR) is 113 cm³/mol. The van der Waals surface area contributed by atoms with Crippen molar-refractivity contribution in [3.63, 3.8) is 0 Å². The van der Waals surface area contributed by atoms with E-state index < -0.39 is 17.8 Å². The summed E-state index contributed by atoms with van der Waals surface area (Å²) >= 11 is 0. The van der Waals surface area contributed by atoms with E-state index in [4.69, 9.17) is 4.42 Å². The lowest BCUT2D eigenvalue weighted by molar-refractivity contribution is -0.290. The summed E-state index contributed by atoms with van der Waals surface area (Å²) in [4.78, 5) is 9.85. The number of rotatable bonds is 4. The molecule has 0 aliphatic heterocycles. The van der Waals surface area contributed by atoms with Gasteiger partial charge in [-0.1, -0.05) is 12.1 Å². The summed E-state index contributed by atoms with van der Waals surface area (Å²) in [7, 11) is 3.59. The fraction of sp³-hybridized carbons (Fsp3) is 0.182. The van der Waals surface area contributed by atoms with Crippen molar-refractivity contribution >= 4 is 22.4 Å². The fourth-order valence-corrected chi connectivity index (χ4v) is 3.61. The SMILES string of the molecule is CN(C)c1cccc(-c2cc(C(F)(F)C(F)(F)F)nc3c2ccc2nc(-c4nnco4)cn23)c1. The average Bonchev–Trinajstić information content (AvgIpc) is 3.47. The fourth-order valence-electron chi connectivity index (χ4n) is 3.61. The van der Waals surface area contributed by atoms with Crippen LogP contribution in [0.15, 0.2) is 59.5 Å². The van der Waals surface area contributed by atoms with Gasteiger partial charge in [-0.25, -0.2) is 9.97 Å². The Balaban J connectivity index is 1.84. The van der Waals surface area contributed by atoms with Crippen molar-refractivity contribution in [3.05, 3.63) is 60.7 Å². The van der Waals surface area contributed by atoms with Gasteiger partial charge in [0, 0.05) is 31.4 Å². The second-order valence-electron chi connectivity index (χ2n) is 7.74. The highest BCUT2D eigenvalue weighted by Crippen LogP contribution is 2.45. The van der Waals surface area contributed by atoms with Gasteiger partial charge in [-0.15, -0.1) is 10.2 Å². The Labute approximate surface area is 188 Å². The first kappa shape index (κ1) is 21.7. The van der Waals surface area contributed by atoms with Crippen molar-refractivity contribution < 1.29 is 26.4 Å². The normalized spacial score (nSPS) is 12.6. The molecule has 12 heteroatoms. The third-order valence-electron chi connectivity index (χ3n) is 5.33. The van der Waals surface area contributed by atoms with Crippen LogP contribution in [-0.2, 0) is 5.92 Å². The molecular weight excluding hydrogens is 459 g/mol. The summed E-state index contributed by atoms with van der Waals surface area (Å²) in [6.45, 7) is 0. The van der Waals surface area contributed by atoms with E-state index >= 15 is 0 Å². The minimum absolute atomic E-state index is 0.0625. The predicted octanol–water partition coefficient (Wildman–Crippen LogP) is 5.32. The van der Waals surface area contributed by atoms with Crippen LogP contribution in [0.3, 0.4) is 0 Å². The Morgan fingerprint density at radius 3 is 2.44 bits per heavy atom. The number of aromatic nitrogens is 5. The second kappa shape index (κ2) is 7.47. The van der Waals surface area contributed by atoms with Gasteiger partial charge in [0.05, 0.1) is 0 Å². The van der Waals surface area contributed by atoms with Crippen LogP contribution in [0.4, 0.5) is 27.6 Å². The molecule has 5 aromatic rings. The molecule has 0 saturated heterocycles. The van der Waals surface area contributed by atoms with E-state index in [0.29, 0.717) is 10.9 Å². The van der Waals surface area contributed by atoms with Crippen LogP contribution < -0.4 is 4.90 Å². The quantitative estimate of drug-likeness (QED) is 0.329. The van der Waals surface area contributed by atoms with E-state index in [1.807, 2.05) is 0 Å². The van der Waals surface area contributed by atoms with Crippen molar-refractivity contribution in [2.45, 2.75) is 12.1 Å². The van der Waals surface area contributed by atoms with Gasteiger partial charge in [-0.3, -0.25) is 4.40 Å². The van der Waals surface area contributed by atoms with Gasteiger partial charge in [0.15, 0.2) is 0 Å². The maximum atomic E-state index is 14.5. The summed E-state index contributed by atoms with van der Waals surface area (Å²) in [6, 6.07) is 10.8. The lowest BCUT2D eigenvalue weighted by atomic mass is 9.99. The Hall–Kier alpha value is -4.09. The Bertz CT molecular complexity index is 1510. The zero-order chi connectivity index (χ0) is 24.3. The first-order valence-electron chi connectivity index (χ1n) is 9.88. The molecule has 0 spiro atoms. The maximum Gasteiger partial charge on any atom is 0.459 e. The van der Waals surface area contributed by atoms with Crippen molar-refractivity contribution in [1.29, 1.82) is 0 Å². The Morgan fingerprint density at radius 2 is 1.76 bits per heavy atom. The van der Waals surface area contributed by atoms with Crippen LogP contribution in [0.25, 0.3) is 39.4 Å². The van der Waals surface area contributed by atoms with Gasteiger partial charge >= 0.3 is 12.1 Å². The molecule has 0 unspecified atom stereocenters. The summed E-state index contributed by atoms with van der Waals surface area (Å²) in [5, 5.41) is 7.69. The lowest BCUT2D eigenvalue weighted by Crippen LogP contribution is -2.34. The number of imidazole rings is 1. The molecule has 174 valence electrons. The third kappa shape index (κ3) is 3.42. The van der Waals surface area contributed by atoms with Gasteiger partial charge in [0.2, 0.25) is 6.39 Å². The first-order chi connectivity index (χ1) is 16.1. The standard InChI is InChI=1S/C22H15F5N6O/c1-32(2)13-5-3-4-12(8-13)15-9-17(21(23,24)22(25,26)27)30-19-14(15)6-7-18-29-16(10-33(18)19)20-31-28-11-34-20/h3-11H,1-2H3. The summed E-state index contributed by atoms with van der Waals surface area (Å²) < 4.78 is 75.2. The number of halogens is 5. The minimum Gasteiger partial charge on any atom is -0.422 e. The van der Waals surface area contributed by atoms with Crippen molar-refractivity contribution in [1.82, 2.24) is 24.6 Å². The molecule has 0 amide bonds. The van der Waals surface area contributed by atoms with Crippen LogP contribution in [0.2, 0.25) is 0 Å². The number of benzene rings is 1. The summed E-state index contributed by atoms with van der Waals surface area (Å²) in [6.07, 6.45) is -3.34. The number of nitrogens with zero attached hydrogens (tertiary/aromatic N) is 6. The molecule has 0 bridgehead atoms. The average molecular weight is 474 g/mol. The van der Waals surface area contributed by atoms with Crippen LogP contribution in [0.5, 0.6) is 0 Å². The lowest BCUT2D eigenvalue weighted by Gasteiger charge is -2.21. The van der Waals surface area contributed by atoms with Gasteiger partial charge in [-0.2, -0.15) is 22.0 Å². The number of fused-ring (bicyclic) bond motifs is 3. The minimum atomic E-state index is -5.83. The molecule has 4 heterocycles. The Morgan fingerprint density at radius 1 is 0.971 bits per heavy atom. The number of anilines is 1. The number of hydrogen-bond donors (Lipinski definition) is 0. The van der Waals surface area contributed by atoms with Crippen molar-refractivity contribution in [2.75, 3.05) is 19.0 Å². The number of hydrogen-bond acceptors (Lipinski definition) is 6. The van der Waals surface area contributed by atoms with Gasteiger partial charge in [-0.05, 0) is 41.5 Å². The van der Waals surface area contributed by atoms with Gasteiger partial charge in [0.25, 0.3) is 5.89 Å².